The van der Waals surface area contributed by atoms with Crippen molar-refractivity contribution in [3.63, 3.8) is 0 Å². The molecule has 2 aromatic carbocycles. The lowest BCUT2D eigenvalue weighted by atomic mass is 10.1. The van der Waals surface area contributed by atoms with Crippen molar-refractivity contribution in [3.05, 3.63) is 53.7 Å². The summed E-state index contributed by atoms with van der Waals surface area (Å²) in [6.45, 7) is 1.81. The van der Waals surface area contributed by atoms with Crippen LogP contribution < -0.4 is 9.47 Å². The highest BCUT2D eigenvalue weighted by Gasteiger charge is 2.17. The predicted molar refractivity (Wildman–Crippen MR) is 113 cm³/mol. The van der Waals surface area contributed by atoms with Crippen molar-refractivity contribution in [2.45, 2.75) is 6.92 Å². The van der Waals surface area contributed by atoms with E-state index in [4.69, 9.17) is 9.47 Å². The Kier molecular flexibility index (Phi) is 4.83. The molecule has 1 amide bonds. The van der Waals surface area contributed by atoms with E-state index in [0.717, 1.165) is 5.52 Å². The quantitative estimate of drug-likeness (QED) is 0.498. The molecule has 0 saturated carbocycles. The van der Waals surface area contributed by atoms with Crippen LogP contribution in [0.25, 0.3) is 21.8 Å². The Hall–Kier alpha value is -3.94. The fourth-order valence-corrected chi connectivity index (χ4v) is 3.41. The first-order valence-electron chi connectivity index (χ1n) is 9.19. The minimum absolute atomic E-state index is 0.0905. The Morgan fingerprint density at radius 1 is 1.03 bits per heavy atom. The highest BCUT2D eigenvalue weighted by molar-refractivity contribution is 6.07. The fourth-order valence-electron chi connectivity index (χ4n) is 3.41. The summed E-state index contributed by atoms with van der Waals surface area (Å²) >= 11 is 0. The molecule has 2 aromatic heterocycles. The molecule has 0 spiro atoms. The van der Waals surface area contributed by atoms with E-state index in [0.29, 0.717) is 39.0 Å². The van der Waals surface area contributed by atoms with Gasteiger partial charge in [0.15, 0.2) is 5.69 Å². The van der Waals surface area contributed by atoms with Crippen LogP contribution in [0.4, 0.5) is 5.69 Å². The van der Waals surface area contributed by atoms with E-state index in [9.17, 15) is 9.90 Å². The second-order valence-corrected chi connectivity index (χ2v) is 6.81. The van der Waals surface area contributed by atoms with Gasteiger partial charge in [0.2, 0.25) is 5.88 Å². The lowest BCUT2D eigenvalue weighted by Crippen LogP contribution is -1.99. The van der Waals surface area contributed by atoms with Crippen molar-refractivity contribution in [3.8, 4) is 17.4 Å². The highest BCUT2D eigenvalue weighted by Crippen LogP contribution is 2.39. The SMILES string of the molecule is COc1ccc2nc(C)cc(C(=O)N=Nc3c(O)n(C)c4ccc(OC)cc34)c2c1. The number of amides is 1. The maximum Gasteiger partial charge on any atom is 0.296 e. The molecule has 4 rings (SSSR count). The number of aromatic nitrogens is 2. The minimum Gasteiger partial charge on any atom is -0.497 e. The average Bonchev–Trinajstić information content (AvgIpc) is 3.00. The number of azo groups is 1. The number of methoxy groups -OCH3 is 2. The van der Waals surface area contributed by atoms with Crippen molar-refractivity contribution in [2.75, 3.05) is 14.2 Å². The summed E-state index contributed by atoms with van der Waals surface area (Å²) < 4.78 is 12.1. The van der Waals surface area contributed by atoms with Gasteiger partial charge in [-0.2, -0.15) is 0 Å². The Bertz CT molecular complexity index is 1320. The van der Waals surface area contributed by atoms with Crippen LogP contribution in [0.2, 0.25) is 0 Å². The molecule has 8 heteroatoms. The van der Waals surface area contributed by atoms with Gasteiger partial charge in [0.1, 0.15) is 11.5 Å². The zero-order chi connectivity index (χ0) is 21.4. The topological polar surface area (TPSA) is 98.3 Å². The third-order valence-corrected chi connectivity index (χ3v) is 4.96. The molecule has 0 aliphatic carbocycles. The van der Waals surface area contributed by atoms with E-state index >= 15 is 0 Å². The van der Waals surface area contributed by atoms with E-state index in [1.165, 1.54) is 0 Å². The summed E-state index contributed by atoms with van der Waals surface area (Å²) in [7, 11) is 4.82. The summed E-state index contributed by atoms with van der Waals surface area (Å²) in [6.07, 6.45) is 0. The van der Waals surface area contributed by atoms with Crippen molar-refractivity contribution in [1.29, 1.82) is 0 Å². The molecule has 0 unspecified atom stereocenters. The molecule has 0 atom stereocenters. The molecule has 0 saturated heterocycles. The Morgan fingerprint density at radius 2 is 1.70 bits per heavy atom. The largest absolute Gasteiger partial charge is 0.497 e. The van der Waals surface area contributed by atoms with Gasteiger partial charge >= 0.3 is 0 Å². The molecule has 1 N–H and O–H groups in total. The van der Waals surface area contributed by atoms with Gasteiger partial charge in [-0.05, 0) is 49.4 Å². The van der Waals surface area contributed by atoms with Crippen molar-refractivity contribution >= 4 is 33.4 Å². The molecule has 30 heavy (non-hydrogen) atoms. The normalized spacial score (nSPS) is 11.5. The smallest absolute Gasteiger partial charge is 0.296 e. The third-order valence-electron chi connectivity index (χ3n) is 4.96. The molecule has 4 aromatic rings. The third kappa shape index (κ3) is 3.22. The molecule has 152 valence electrons. The average molecular weight is 404 g/mol. The maximum absolute atomic E-state index is 12.9. The molecule has 0 fully saturated rings. The Labute approximate surface area is 172 Å². The first-order valence-corrected chi connectivity index (χ1v) is 9.19. The molecule has 2 heterocycles. The van der Waals surface area contributed by atoms with Crippen molar-refractivity contribution in [2.24, 2.45) is 17.3 Å². The van der Waals surface area contributed by atoms with Crippen LogP contribution in [-0.2, 0) is 7.05 Å². The lowest BCUT2D eigenvalue weighted by Gasteiger charge is -2.06. The number of aromatic hydroxyl groups is 1. The first-order chi connectivity index (χ1) is 14.4. The molecular formula is C22H20N4O4. The van der Waals surface area contributed by atoms with Crippen LogP contribution in [0.1, 0.15) is 16.1 Å². The van der Waals surface area contributed by atoms with Gasteiger partial charge < -0.3 is 19.1 Å². The summed E-state index contributed by atoms with van der Waals surface area (Å²) in [5, 5.41) is 19.7. The van der Waals surface area contributed by atoms with Crippen molar-refractivity contribution in [1.82, 2.24) is 9.55 Å². The van der Waals surface area contributed by atoms with E-state index in [-0.39, 0.29) is 11.6 Å². The number of hydrogen-bond donors (Lipinski definition) is 1. The van der Waals surface area contributed by atoms with Gasteiger partial charge in [-0.15, -0.1) is 10.2 Å². The number of ether oxygens (including phenoxy) is 2. The zero-order valence-electron chi connectivity index (χ0n) is 17.0. The Balaban J connectivity index is 1.81. The van der Waals surface area contributed by atoms with Crippen LogP contribution in [0.15, 0.2) is 52.7 Å². The number of benzene rings is 2. The second-order valence-electron chi connectivity index (χ2n) is 6.81. The van der Waals surface area contributed by atoms with Crippen LogP contribution in [-0.4, -0.2) is 34.8 Å². The van der Waals surface area contributed by atoms with E-state index in [1.807, 2.05) is 0 Å². The summed E-state index contributed by atoms with van der Waals surface area (Å²) in [6, 6.07) is 12.3. The van der Waals surface area contributed by atoms with Crippen molar-refractivity contribution < 1.29 is 19.4 Å². The number of rotatable bonds is 4. The number of aryl methyl sites for hydroxylation is 2. The minimum atomic E-state index is -0.543. The highest BCUT2D eigenvalue weighted by atomic mass is 16.5. The van der Waals surface area contributed by atoms with Gasteiger partial charge in [0.05, 0.1) is 30.8 Å². The number of fused-ring (bicyclic) bond motifs is 2. The van der Waals surface area contributed by atoms with Gasteiger partial charge in [-0.3, -0.25) is 9.78 Å². The summed E-state index contributed by atoms with van der Waals surface area (Å²) in [5.41, 5.74) is 2.64. The predicted octanol–water partition coefficient (Wildman–Crippen LogP) is 4.68. The van der Waals surface area contributed by atoms with E-state index in [1.54, 1.807) is 75.2 Å². The van der Waals surface area contributed by atoms with Gasteiger partial charge in [-0.1, -0.05) is 0 Å². The molecular weight excluding hydrogens is 384 g/mol. The van der Waals surface area contributed by atoms with E-state index < -0.39 is 5.91 Å². The summed E-state index contributed by atoms with van der Waals surface area (Å²) in [5.74, 6) is 0.585. The lowest BCUT2D eigenvalue weighted by molar-refractivity contribution is 0.0996. The first kappa shape index (κ1) is 19.4. The summed E-state index contributed by atoms with van der Waals surface area (Å²) in [4.78, 5) is 17.4. The molecule has 0 radical (unpaired) electrons. The zero-order valence-corrected chi connectivity index (χ0v) is 17.0. The van der Waals surface area contributed by atoms with Crippen LogP contribution in [0.5, 0.6) is 17.4 Å². The maximum atomic E-state index is 12.9. The number of carbonyl (C=O) groups excluding carboxylic acids is 1. The van der Waals surface area contributed by atoms with Gasteiger partial charge in [0, 0.05) is 23.5 Å². The van der Waals surface area contributed by atoms with E-state index in [2.05, 4.69) is 15.2 Å². The number of nitrogens with zero attached hydrogens (tertiary/aromatic N) is 4. The van der Waals surface area contributed by atoms with Gasteiger partial charge in [-0.25, -0.2) is 0 Å². The standard InChI is InChI=1S/C22H20N4O4/c1-12-9-16(15-10-13(29-3)5-7-18(15)23-12)21(27)25-24-20-17-11-14(30-4)6-8-19(17)26(2)22(20)28/h5-11,28H,1-4H3. The molecule has 0 bridgehead atoms. The number of hydrogen-bond acceptors (Lipinski definition) is 6. The number of pyridine rings is 1. The Morgan fingerprint density at radius 3 is 2.40 bits per heavy atom. The fraction of sp³-hybridized carbons (Fsp3) is 0.182. The monoisotopic (exact) mass is 404 g/mol. The molecule has 8 nitrogen and oxygen atoms in total. The number of carbonyl (C=O) groups is 1. The van der Waals surface area contributed by atoms with Crippen LogP contribution >= 0.6 is 0 Å². The molecule has 0 aliphatic heterocycles. The van der Waals surface area contributed by atoms with Crippen LogP contribution in [0, 0.1) is 6.92 Å². The molecule has 0 aliphatic rings. The second kappa shape index (κ2) is 7.47. The van der Waals surface area contributed by atoms with Crippen LogP contribution in [0.3, 0.4) is 0 Å². The van der Waals surface area contributed by atoms with Gasteiger partial charge in [0.25, 0.3) is 5.91 Å².